The molecule has 5 nitrogen and oxygen atoms in total. The van der Waals surface area contributed by atoms with Gasteiger partial charge in [-0.25, -0.2) is 9.78 Å². The third kappa shape index (κ3) is 2.95. The van der Waals surface area contributed by atoms with E-state index < -0.39 is 6.09 Å². The first-order chi connectivity index (χ1) is 7.69. The van der Waals surface area contributed by atoms with Crippen LogP contribution < -0.4 is 0 Å². The van der Waals surface area contributed by atoms with Crippen LogP contribution in [-0.2, 0) is 6.42 Å². The lowest BCUT2D eigenvalue weighted by Crippen LogP contribution is -2.31. The van der Waals surface area contributed by atoms with Crippen LogP contribution in [0.25, 0.3) is 0 Å². The van der Waals surface area contributed by atoms with Crippen LogP contribution in [0.3, 0.4) is 0 Å². The normalized spacial score (nSPS) is 9.50. The highest BCUT2D eigenvalue weighted by molar-refractivity contribution is 5.64. The van der Waals surface area contributed by atoms with Crippen molar-refractivity contribution in [3.63, 3.8) is 0 Å². The van der Waals surface area contributed by atoms with Crippen LogP contribution in [0, 0.1) is 11.3 Å². The van der Waals surface area contributed by atoms with Gasteiger partial charge in [0, 0.05) is 19.3 Å². The molecule has 1 heterocycles. The van der Waals surface area contributed by atoms with E-state index >= 15 is 0 Å². The molecule has 0 saturated heterocycles. The van der Waals surface area contributed by atoms with Gasteiger partial charge in [0.15, 0.2) is 0 Å². The lowest BCUT2D eigenvalue weighted by molar-refractivity contribution is 0.148. The number of likely N-dealkylation sites (N-methyl/N-ethyl adjacent to an activating group) is 1. The minimum atomic E-state index is -0.940. The maximum atomic E-state index is 10.8. The van der Waals surface area contributed by atoms with Gasteiger partial charge < -0.3 is 10.0 Å². The van der Waals surface area contributed by atoms with Crippen molar-refractivity contribution >= 4 is 6.09 Å². The molecule has 0 aliphatic heterocycles. The molecule has 0 unspecified atom stereocenters. The van der Waals surface area contributed by atoms with Crippen molar-refractivity contribution in [2.75, 3.05) is 13.1 Å². The lowest BCUT2D eigenvalue weighted by Gasteiger charge is -2.16. The Balaban J connectivity index is 2.67. The average molecular weight is 219 g/mol. The van der Waals surface area contributed by atoms with Crippen LogP contribution in [0.15, 0.2) is 18.3 Å². The quantitative estimate of drug-likeness (QED) is 0.832. The van der Waals surface area contributed by atoms with E-state index in [2.05, 4.69) is 4.98 Å². The van der Waals surface area contributed by atoms with Crippen molar-refractivity contribution in [1.82, 2.24) is 9.88 Å². The van der Waals surface area contributed by atoms with Gasteiger partial charge in [0.1, 0.15) is 11.8 Å². The van der Waals surface area contributed by atoms with E-state index in [1.54, 1.807) is 25.3 Å². The first-order valence-corrected chi connectivity index (χ1v) is 5.01. The third-order valence-electron chi connectivity index (χ3n) is 2.30. The second-order valence-corrected chi connectivity index (χ2v) is 3.24. The van der Waals surface area contributed by atoms with Gasteiger partial charge in [-0.05, 0) is 25.0 Å². The Morgan fingerprint density at radius 3 is 3.00 bits per heavy atom. The predicted octanol–water partition coefficient (Wildman–Crippen LogP) is 1.50. The van der Waals surface area contributed by atoms with E-state index in [0.717, 1.165) is 5.56 Å². The van der Waals surface area contributed by atoms with Gasteiger partial charge in [-0.2, -0.15) is 5.26 Å². The highest BCUT2D eigenvalue weighted by Crippen LogP contribution is 2.06. The van der Waals surface area contributed by atoms with Crippen LogP contribution in [0.2, 0.25) is 0 Å². The number of carboxylic acid groups (broad SMARTS) is 1. The number of nitrogens with zero attached hydrogens (tertiary/aromatic N) is 3. The summed E-state index contributed by atoms with van der Waals surface area (Å²) < 4.78 is 0. The minimum absolute atomic E-state index is 0.365. The first kappa shape index (κ1) is 12.0. The molecule has 5 heteroatoms. The maximum Gasteiger partial charge on any atom is 0.407 e. The minimum Gasteiger partial charge on any atom is -0.465 e. The van der Waals surface area contributed by atoms with Crippen LogP contribution in [0.5, 0.6) is 0 Å². The summed E-state index contributed by atoms with van der Waals surface area (Å²) in [4.78, 5) is 16.0. The molecular formula is C11H13N3O2. The molecule has 0 radical (unpaired) electrons. The molecule has 0 atom stereocenters. The summed E-state index contributed by atoms with van der Waals surface area (Å²) in [5, 5.41) is 17.6. The van der Waals surface area contributed by atoms with Crippen LogP contribution >= 0.6 is 0 Å². The van der Waals surface area contributed by atoms with E-state index in [1.165, 1.54) is 4.90 Å². The molecule has 0 aliphatic carbocycles. The van der Waals surface area contributed by atoms with E-state index in [-0.39, 0.29) is 0 Å². The van der Waals surface area contributed by atoms with E-state index in [1.807, 2.05) is 6.07 Å². The van der Waals surface area contributed by atoms with Gasteiger partial charge in [-0.1, -0.05) is 6.07 Å². The van der Waals surface area contributed by atoms with Crippen LogP contribution in [-0.4, -0.2) is 34.2 Å². The number of pyridine rings is 1. The monoisotopic (exact) mass is 219 g/mol. The van der Waals surface area contributed by atoms with Crippen molar-refractivity contribution in [3.8, 4) is 6.07 Å². The molecule has 0 bridgehead atoms. The topological polar surface area (TPSA) is 77.2 Å². The number of carbonyl (C=O) groups is 1. The van der Waals surface area contributed by atoms with Gasteiger partial charge >= 0.3 is 6.09 Å². The van der Waals surface area contributed by atoms with E-state index in [9.17, 15) is 4.79 Å². The number of nitriles is 1. The summed E-state index contributed by atoms with van der Waals surface area (Å²) in [7, 11) is 0. The summed E-state index contributed by atoms with van der Waals surface area (Å²) in [5.41, 5.74) is 1.15. The zero-order valence-corrected chi connectivity index (χ0v) is 9.05. The molecular weight excluding hydrogens is 206 g/mol. The summed E-state index contributed by atoms with van der Waals surface area (Å²) in [6.07, 6.45) is 1.12. The maximum absolute atomic E-state index is 10.8. The SMILES string of the molecule is CCN(CCc1cccnc1C#N)C(=O)O. The zero-order chi connectivity index (χ0) is 12.0. The number of rotatable bonds is 4. The number of aromatic nitrogens is 1. The molecule has 0 aromatic carbocycles. The Labute approximate surface area is 93.9 Å². The lowest BCUT2D eigenvalue weighted by atomic mass is 10.1. The van der Waals surface area contributed by atoms with E-state index in [0.29, 0.717) is 25.2 Å². The van der Waals surface area contributed by atoms with Crippen molar-refractivity contribution in [1.29, 1.82) is 5.26 Å². The average Bonchev–Trinajstić information content (AvgIpc) is 2.30. The Bertz CT molecular complexity index is 412. The van der Waals surface area contributed by atoms with E-state index in [4.69, 9.17) is 10.4 Å². The fourth-order valence-electron chi connectivity index (χ4n) is 1.39. The second-order valence-electron chi connectivity index (χ2n) is 3.24. The molecule has 1 aromatic rings. The van der Waals surface area contributed by atoms with Crippen LogP contribution in [0.4, 0.5) is 4.79 Å². The van der Waals surface area contributed by atoms with Crippen LogP contribution in [0.1, 0.15) is 18.2 Å². The predicted molar refractivity (Wildman–Crippen MR) is 57.9 cm³/mol. The fourth-order valence-corrected chi connectivity index (χ4v) is 1.39. The Kier molecular flexibility index (Phi) is 4.28. The largest absolute Gasteiger partial charge is 0.465 e. The molecule has 16 heavy (non-hydrogen) atoms. The summed E-state index contributed by atoms with van der Waals surface area (Å²) in [6.45, 7) is 2.60. The summed E-state index contributed by atoms with van der Waals surface area (Å²) >= 11 is 0. The summed E-state index contributed by atoms with van der Waals surface area (Å²) in [6, 6.07) is 5.53. The van der Waals surface area contributed by atoms with Gasteiger partial charge in [0.2, 0.25) is 0 Å². The smallest absolute Gasteiger partial charge is 0.407 e. The van der Waals surface area contributed by atoms with Crippen molar-refractivity contribution in [3.05, 3.63) is 29.6 Å². The molecule has 84 valence electrons. The summed E-state index contributed by atoms with van der Waals surface area (Å²) in [5.74, 6) is 0. The Morgan fingerprint density at radius 1 is 1.69 bits per heavy atom. The molecule has 1 rings (SSSR count). The highest BCUT2D eigenvalue weighted by Gasteiger charge is 2.10. The zero-order valence-electron chi connectivity index (χ0n) is 9.05. The molecule has 1 amide bonds. The van der Waals surface area contributed by atoms with Crippen molar-refractivity contribution in [2.45, 2.75) is 13.3 Å². The Hall–Kier alpha value is -2.09. The Morgan fingerprint density at radius 2 is 2.44 bits per heavy atom. The number of amides is 1. The number of hydrogen-bond donors (Lipinski definition) is 1. The highest BCUT2D eigenvalue weighted by atomic mass is 16.4. The van der Waals surface area contributed by atoms with Gasteiger partial charge in [0.05, 0.1) is 0 Å². The molecule has 0 spiro atoms. The number of hydrogen-bond acceptors (Lipinski definition) is 3. The third-order valence-corrected chi connectivity index (χ3v) is 2.30. The fraction of sp³-hybridized carbons (Fsp3) is 0.364. The first-order valence-electron chi connectivity index (χ1n) is 5.01. The van der Waals surface area contributed by atoms with Gasteiger partial charge in [0.25, 0.3) is 0 Å². The molecule has 0 aliphatic rings. The molecule has 0 fully saturated rings. The molecule has 1 aromatic heterocycles. The van der Waals surface area contributed by atoms with Crippen molar-refractivity contribution < 1.29 is 9.90 Å². The van der Waals surface area contributed by atoms with Crippen molar-refractivity contribution in [2.24, 2.45) is 0 Å². The molecule has 0 saturated carbocycles. The second kappa shape index (κ2) is 5.71. The van der Waals surface area contributed by atoms with Gasteiger partial charge in [-0.15, -0.1) is 0 Å². The standard InChI is InChI=1S/C11H13N3O2/c1-2-14(11(15)16)7-5-9-4-3-6-13-10(9)8-12/h3-4,6H,2,5,7H2,1H3,(H,15,16). The molecule has 1 N–H and O–H groups in total. The van der Waals surface area contributed by atoms with Gasteiger partial charge in [-0.3, -0.25) is 0 Å².